The SMILES string of the molecule is Nc1cccc(NC2CCSCC2)c1. The Labute approximate surface area is 89.3 Å². The van der Waals surface area contributed by atoms with E-state index in [1.54, 1.807) is 0 Å². The fraction of sp³-hybridized carbons (Fsp3) is 0.455. The van der Waals surface area contributed by atoms with E-state index in [9.17, 15) is 0 Å². The summed E-state index contributed by atoms with van der Waals surface area (Å²) in [5.74, 6) is 2.56. The number of anilines is 2. The number of thioether (sulfide) groups is 1. The summed E-state index contributed by atoms with van der Waals surface area (Å²) in [6.07, 6.45) is 2.53. The molecule has 1 fully saturated rings. The van der Waals surface area contributed by atoms with Crippen LogP contribution in [0.3, 0.4) is 0 Å². The van der Waals surface area contributed by atoms with Crippen molar-refractivity contribution >= 4 is 23.1 Å². The van der Waals surface area contributed by atoms with E-state index in [4.69, 9.17) is 5.73 Å². The van der Waals surface area contributed by atoms with Gasteiger partial charge in [-0.1, -0.05) is 6.07 Å². The van der Waals surface area contributed by atoms with Gasteiger partial charge in [0.1, 0.15) is 0 Å². The fourth-order valence-electron chi connectivity index (χ4n) is 1.71. The van der Waals surface area contributed by atoms with Gasteiger partial charge in [-0.2, -0.15) is 11.8 Å². The zero-order chi connectivity index (χ0) is 9.80. The highest BCUT2D eigenvalue weighted by atomic mass is 32.2. The number of hydrogen-bond donors (Lipinski definition) is 2. The second kappa shape index (κ2) is 4.60. The van der Waals surface area contributed by atoms with Crippen LogP contribution in [0, 0.1) is 0 Å². The van der Waals surface area contributed by atoms with Gasteiger partial charge in [0, 0.05) is 17.4 Å². The van der Waals surface area contributed by atoms with E-state index in [-0.39, 0.29) is 0 Å². The molecular formula is C11H16N2S. The standard InChI is InChI=1S/C11H16N2S/c12-9-2-1-3-11(8-9)13-10-4-6-14-7-5-10/h1-3,8,10,13H,4-7,12H2. The lowest BCUT2D eigenvalue weighted by atomic mass is 10.1. The van der Waals surface area contributed by atoms with Gasteiger partial charge in [-0.15, -0.1) is 0 Å². The van der Waals surface area contributed by atoms with E-state index in [0.717, 1.165) is 11.4 Å². The molecule has 0 spiro atoms. The molecule has 1 aliphatic heterocycles. The third-order valence-corrected chi connectivity index (χ3v) is 3.53. The van der Waals surface area contributed by atoms with Crippen LogP contribution < -0.4 is 11.1 Å². The van der Waals surface area contributed by atoms with Crippen LogP contribution in [0.1, 0.15) is 12.8 Å². The Morgan fingerprint density at radius 2 is 2.07 bits per heavy atom. The van der Waals surface area contributed by atoms with Crippen LogP contribution in [0.25, 0.3) is 0 Å². The van der Waals surface area contributed by atoms with Gasteiger partial charge in [0.2, 0.25) is 0 Å². The predicted molar refractivity (Wildman–Crippen MR) is 64.8 cm³/mol. The van der Waals surface area contributed by atoms with E-state index < -0.39 is 0 Å². The van der Waals surface area contributed by atoms with Crippen LogP contribution in [0.4, 0.5) is 11.4 Å². The summed E-state index contributed by atoms with van der Waals surface area (Å²) in [5.41, 5.74) is 7.71. The lowest BCUT2D eigenvalue weighted by Gasteiger charge is -2.23. The summed E-state index contributed by atoms with van der Waals surface area (Å²) in [7, 11) is 0. The van der Waals surface area contributed by atoms with Gasteiger partial charge in [-0.3, -0.25) is 0 Å². The summed E-state index contributed by atoms with van der Waals surface area (Å²) in [6, 6.07) is 8.63. The van der Waals surface area contributed by atoms with E-state index in [1.165, 1.54) is 24.3 Å². The smallest absolute Gasteiger partial charge is 0.0362 e. The molecule has 0 amide bonds. The number of benzene rings is 1. The van der Waals surface area contributed by atoms with Crippen molar-refractivity contribution in [1.82, 2.24) is 0 Å². The minimum Gasteiger partial charge on any atom is -0.399 e. The van der Waals surface area contributed by atoms with Crippen LogP contribution in [-0.4, -0.2) is 17.5 Å². The highest BCUT2D eigenvalue weighted by molar-refractivity contribution is 7.99. The summed E-state index contributed by atoms with van der Waals surface area (Å²) in [5, 5.41) is 3.53. The summed E-state index contributed by atoms with van der Waals surface area (Å²) >= 11 is 2.05. The topological polar surface area (TPSA) is 38.0 Å². The van der Waals surface area contributed by atoms with E-state index in [2.05, 4.69) is 11.4 Å². The molecule has 76 valence electrons. The maximum absolute atomic E-state index is 5.72. The van der Waals surface area contributed by atoms with Crippen molar-refractivity contribution in [3.63, 3.8) is 0 Å². The first kappa shape index (κ1) is 9.71. The Bertz CT molecular complexity index is 295. The molecule has 2 nitrogen and oxygen atoms in total. The molecule has 0 saturated carbocycles. The second-order valence-electron chi connectivity index (χ2n) is 3.66. The number of nitrogen functional groups attached to an aromatic ring is 1. The van der Waals surface area contributed by atoms with E-state index in [1.807, 2.05) is 30.0 Å². The largest absolute Gasteiger partial charge is 0.399 e. The minimum atomic E-state index is 0.637. The van der Waals surface area contributed by atoms with Gasteiger partial charge in [0.25, 0.3) is 0 Å². The molecule has 14 heavy (non-hydrogen) atoms. The molecule has 1 aromatic carbocycles. The Hall–Kier alpha value is -0.830. The monoisotopic (exact) mass is 208 g/mol. The fourth-order valence-corrected chi connectivity index (χ4v) is 2.81. The quantitative estimate of drug-likeness (QED) is 0.734. The molecule has 1 saturated heterocycles. The number of hydrogen-bond acceptors (Lipinski definition) is 3. The van der Waals surface area contributed by atoms with Gasteiger partial charge in [0.05, 0.1) is 0 Å². The van der Waals surface area contributed by atoms with Crippen LogP contribution in [0.15, 0.2) is 24.3 Å². The zero-order valence-corrected chi connectivity index (χ0v) is 9.02. The van der Waals surface area contributed by atoms with Crippen molar-refractivity contribution in [2.45, 2.75) is 18.9 Å². The number of nitrogens with two attached hydrogens (primary N) is 1. The van der Waals surface area contributed by atoms with Crippen LogP contribution in [0.5, 0.6) is 0 Å². The van der Waals surface area contributed by atoms with Crippen molar-refractivity contribution in [1.29, 1.82) is 0 Å². The lowest BCUT2D eigenvalue weighted by Crippen LogP contribution is -2.24. The Balaban J connectivity index is 1.95. The zero-order valence-electron chi connectivity index (χ0n) is 8.20. The predicted octanol–water partition coefficient (Wildman–Crippen LogP) is 2.58. The van der Waals surface area contributed by atoms with E-state index >= 15 is 0 Å². The molecule has 2 rings (SSSR count). The number of rotatable bonds is 2. The van der Waals surface area contributed by atoms with Crippen molar-refractivity contribution < 1.29 is 0 Å². The van der Waals surface area contributed by atoms with Gasteiger partial charge in [-0.05, 0) is 42.5 Å². The molecule has 1 heterocycles. The lowest BCUT2D eigenvalue weighted by molar-refractivity contribution is 0.667. The average Bonchev–Trinajstić information content (AvgIpc) is 2.19. The normalized spacial score (nSPS) is 18.0. The molecule has 0 atom stereocenters. The highest BCUT2D eigenvalue weighted by Crippen LogP contribution is 2.21. The van der Waals surface area contributed by atoms with Crippen molar-refractivity contribution in [2.24, 2.45) is 0 Å². The first-order valence-electron chi connectivity index (χ1n) is 5.04. The maximum atomic E-state index is 5.72. The van der Waals surface area contributed by atoms with Crippen molar-refractivity contribution in [3.8, 4) is 0 Å². The molecule has 3 N–H and O–H groups in total. The van der Waals surface area contributed by atoms with Gasteiger partial charge in [0.15, 0.2) is 0 Å². The van der Waals surface area contributed by atoms with Crippen LogP contribution >= 0.6 is 11.8 Å². The Morgan fingerprint density at radius 3 is 2.79 bits per heavy atom. The van der Waals surface area contributed by atoms with E-state index in [0.29, 0.717) is 6.04 Å². The highest BCUT2D eigenvalue weighted by Gasteiger charge is 2.12. The molecule has 0 unspecified atom stereocenters. The van der Waals surface area contributed by atoms with Gasteiger partial charge >= 0.3 is 0 Å². The maximum Gasteiger partial charge on any atom is 0.0362 e. The van der Waals surface area contributed by atoms with Crippen molar-refractivity contribution in [3.05, 3.63) is 24.3 Å². The van der Waals surface area contributed by atoms with Crippen LogP contribution in [0.2, 0.25) is 0 Å². The Kier molecular flexibility index (Phi) is 3.19. The third kappa shape index (κ3) is 2.58. The average molecular weight is 208 g/mol. The second-order valence-corrected chi connectivity index (χ2v) is 4.88. The first-order chi connectivity index (χ1) is 6.84. The molecule has 0 aliphatic carbocycles. The number of nitrogens with one attached hydrogen (secondary N) is 1. The molecule has 1 aromatic rings. The molecule has 0 aromatic heterocycles. The first-order valence-corrected chi connectivity index (χ1v) is 6.20. The third-order valence-electron chi connectivity index (χ3n) is 2.48. The summed E-state index contributed by atoms with van der Waals surface area (Å²) < 4.78 is 0. The molecular weight excluding hydrogens is 192 g/mol. The van der Waals surface area contributed by atoms with Gasteiger partial charge in [-0.25, -0.2) is 0 Å². The molecule has 3 heteroatoms. The minimum absolute atomic E-state index is 0.637. The molecule has 0 radical (unpaired) electrons. The van der Waals surface area contributed by atoms with Crippen molar-refractivity contribution in [2.75, 3.05) is 22.6 Å². The summed E-state index contributed by atoms with van der Waals surface area (Å²) in [4.78, 5) is 0. The van der Waals surface area contributed by atoms with Crippen LogP contribution in [-0.2, 0) is 0 Å². The summed E-state index contributed by atoms with van der Waals surface area (Å²) in [6.45, 7) is 0. The molecule has 0 bridgehead atoms. The van der Waals surface area contributed by atoms with Gasteiger partial charge < -0.3 is 11.1 Å². The molecule has 1 aliphatic rings. The Morgan fingerprint density at radius 1 is 1.29 bits per heavy atom.